The van der Waals surface area contributed by atoms with Crippen LogP contribution in [0, 0.1) is 0 Å². The second kappa shape index (κ2) is 5.54. The van der Waals surface area contributed by atoms with Crippen LogP contribution in [0.25, 0.3) is 23.3 Å². The molecule has 0 fully saturated rings. The van der Waals surface area contributed by atoms with Gasteiger partial charge in [-0.1, -0.05) is 72.8 Å². The van der Waals surface area contributed by atoms with E-state index in [-0.39, 0.29) is 0 Å². The molecular formula is C19H14O. The van der Waals surface area contributed by atoms with E-state index < -0.39 is 0 Å². The van der Waals surface area contributed by atoms with Crippen molar-refractivity contribution in [3.8, 4) is 11.1 Å². The fourth-order valence-corrected chi connectivity index (χ4v) is 2.36. The normalized spacial score (nSPS) is 11.0. The Kier molecular flexibility index (Phi) is 3.42. The average Bonchev–Trinajstić information content (AvgIpc) is 2.67. The lowest BCUT2D eigenvalue weighted by molar-refractivity contribution is 0.112. The van der Waals surface area contributed by atoms with Crippen molar-refractivity contribution in [2.45, 2.75) is 0 Å². The Morgan fingerprint density at radius 2 is 1.25 bits per heavy atom. The first kappa shape index (κ1) is 12.4. The van der Waals surface area contributed by atoms with E-state index in [9.17, 15) is 4.79 Å². The molecule has 0 unspecified atom stereocenters. The summed E-state index contributed by atoms with van der Waals surface area (Å²) >= 11 is 0. The molecule has 96 valence electrons. The minimum atomic E-state index is 0.740. The molecule has 0 N–H and O–H groups in total. The zero-order valence-electron chi connectivity index (χ0n) is 11.0. The van der Waals surface area contributed by atoms with Crippen LogP contribution >= 0.6 is 0 Å². The quantitative estimate of drug-likeness (QED) is 0.618. The van der Waals surface area contributed by atoms with Gasteiger partial charge in [0.05, 0.1) is 0 Å². The smallest absolute Gasteiger partial charge is 0.150 e. The topological polar surface area (TPSA) is 17.1 Å². The van der Waals surface area contributed by atoms with Crippen molar-refractivity contribution in [3.05, 3.63) is 83.4 Å². The van der Waals surface area contributed by atoms with Gasteiger partial charge in [0.25, 0.3) is 0 Å². The summed E-state index contributed by atoms with van der Waals surface area (Å²) in [4.78, 5) is 11.2. The third kappa shape index (κ3) is 2.39. The van der Waals surface area contributed by atoms with Crippen LogP contribution in [0.15, 0.2) is 66.7 Å². The number of hydrogen-bond donors (Lipinski definition) is 0. The van der Waals surface area contributed by atoms with Gasteiger partial charge in [-0.3, -0.25) is 4.79 Å². The molecule has 1 aromatic carbocycles. The number of carbonyl (C=O) groups is 1. The van der Waals surface area contributed by atoms with Crippen LogP contribution in [-0.4, -0.2) is 6.29 Å². The first-order chi connectivity index (χ1) is 9.88. The molecule has 1 nitrogen and oxygen atoms in total. The van der Waals surface area contributed by atoms with Crippen LogP contribution in [0.4, 0.5) is 0 Å². The van der Waals surface area contributed by atoms with Crippen molar-refractivity contribution in [2.75, 3.05) is 0 Å². The van der Waals surface area contributed by atoms with Crippen LogP contribution in [0.5, 0.6) is 0 Å². The summed E-state index contributed by atoms with van der Waals surface area (Å²) in [5, 5.41) is 0. The molecule has 1 aromatic rings. The molecule has 0 amide bonds. The summed E-state index contributed by atoms with van der Waals surface area (Å²) < 4.78 is 0. The molecule has 0 saturated heterocycles. The lowest BCUT2D eigenvalue weighted by Gasteiger charge is -1.96. The lowest BCUT2D eigenvalue weighted by Crippen LogP contribution is -1.75. The molecule has 0 saturated carbocycles. The molecule has 0 aliphatic heterocycles. The van der Waals surface area contributed by atoms with Crippen LogP contribution in [-0.2, 0) is 0 Å². The highest BCUT2D eigenvalue weighted by Gasteiger charge is 2.11. The number of fused-ring (bicyclic) bond motifs is 1. The molecular weight excluding hydrogens is 244 g/mol. The molecule has 1 heteroatoms. The van der Waals surface area contributed by atoms with Crippen molar-refractivity contribution >= 4 is 18.4 Å². The van der Waals surface area contributed by atoms with Gasteiger partial charge in [0, 0.05) is 5.56 Å². The fourth-order valence-electron chi connectivity index (χ4n) is 2.36. The Hall–Kier alpha value is -2.67. The fraction of sp³-hybridized carbons (Fsp3) is 0. The summed E-state index contributed by atoms with van der Waals surface area (Å²) in [5.74, 6) is 0. The zero-order chi connectivity index (χ0) is 13.8. The van der Waals surface area contributed by atoms with Crippen molar-refractivity contribution in [1.82, 2.24) is 0 Å². The van der Waals surface area contributed by atoms with E-state index in [1.165, 1.54) is 0 Å². The standard InChI is InChI=1S/C19H14O/c20-14-17-13-16(12-11-15-7-3-1-4-8-15)18-9-5-2-6-10-19(17)18/h1-14H. The minimum absolute atomic E-state index is 0.740. The van der Waals surface area contributed by atoms with Crippen LogP contribution in [0.1, 0.15) is 21.5 Å². The predicted octanol–water partition coefficient (Wildman–Crippen LogP) is 4.77. The highest BCUT2D eigenvalue weighted by atomic mass is 16.1. The predicted molar refractivity (Wildman–Crippen MR) is 83.8 cm³/mol. The third-order valence-electron chi connectivity index (χ3n) is 3.35. The maximum absolute atomic E-state index is 11.2. The third-order valence-corrected chi connectivity index (χ3v) is 3.35. The van der Waals surface area contributed by atoms with E-state index in [1.807, 2.05) is 54.6 Å². The van der Waals surface area contributed by atoms with Gasteiger partial charge in [-0.25, -0.2) is 0 Å². The van der Waals surface area contributed by atoms with Crippen molar-refractivity contribution in [3.63, 3.8) is 0 Å². The summed E-state index contributed by atoms with van der Waals surface area (Å²) in [5.41, 5.74) is 5.06. The Morgan fingerprint density at radius 1 is 0.650 bits per heavy atom. The van der Waals surface area contributed by atoms with Crippen LogP contribution < -0.4 is 0 Å². The van der Waals surface area contributed by atoms with Gasteiger partial charge in [0.15, 0.2) is 6.29 Å². The molecule has 0 aromatic heterocycles. The summed E-state index contributed by atoms with van der Waals surface area (Å²) in [6.07, 6.45) is 5.04. The van der Waals surface area contributed by atoms with Crippen LogP contribution in [0.2, 0.25) is 0 Å². The maximum Gasteiger partial charge on any atom is 0.150 e. The minimum Gasteiger partial charge on any atom is -0.298 e. The zero-order valence-corrected chi connectivity index (χ0v) is 11.0. The average molecular weight is 258 g/mol. The number of carbonyl (C=O) groups excluding carboxylic acids is 1. The van der Waals surface area contributed by atoms with E-state index in [2.05, 4.69) is 24.3 Å². The summed E-state index contributed by atoms with van der Waals surface area (Å²) in [6, 6.07) is 22.0. The van der Waals surface area contributed by atoms with Crippen molar-refractivity contribution < 1.29 is 4.79 Å². The van der Waals surface area contributed by atoms with Crippen molar-refractivity contribution in [1.29, 1.82) is 0 Å². The number of hydrogen-bond acceptors (Lipinski definition) is 1. The van der Waals surface area contributed by atoms with E-state index >= 15 is 0 Å². The number of aldehydes is 1. The second-order valence-electron chi connectivity index (χ2n) is 4.65. The highest BCUT2D eigenvalue weighted by molar-refractivity contribution is 5.95. The SMILES string of the molecule is O=Cc1cc(C=Cc2ccccc2)c2cccccc1-2. The first-order valence-corrected chi connectivity index (χ1v) is 6.58. The number of benzene rings is 1. The van der Waals surface area contributed by atoms with E-state index in [4.69, 9.17) is 0 Å². The van der Waals surface area contributed by atoms with E-state index in [1.54, 1.807) is 0 Å². The van der Waals surface area contributed by atoms with Gasteiger partial charge in [-0.2, -0.15) is 0 Å². The number of rotatable bonds is 3. The Bertz CT molecular complexity index is 726. The van der Waals surface area contributed by atoms with Gasteiger partial charge in [0.2, 0.25) is 0 Å². The largest absolute Gasteiger partial charge is 0.298 e. The monoisotopic (exact) mass is 258 g/mol. The molecule has 2 aliphatic carbocycles. The molecule has 20 heavy (non-hydrogen) atoms. The highest BCUT2D eigenvalue weighted by Crippen LogP contribution is 2.32. The lowest BCUT2D eigenvalue weighted by atomic mass is 10.1. The Labute approximate surface area is 118 Å². The van der Waals surface area contributed by atoms with Gasteiger partial charge < -0.3 is 0 Å². The Morgan fingerprint density at radius 3 is 1.90 bits per heavy atom. The van der Waals surface area contributed by atoms with E-state index in [0.717, 1.165) is 34.1 Å². The van der Waals surface area contributed by atoms with Gasteiger partial charge in [-0.15, -0.1) is 0 Å². The molecule has 2 aliphatic rings. The van der Waals surface area contributed by atoms with Gasteiger partial charge in [0.1, 0.15) is 0 Å². The first-order valence-electron chi connectivity index (χ1n) is 6.58. The van der Waals surface area contributed by atoms with Crippen LogP contribution in [0.3, 0.4) is 0 Å². The molecule has 0 spiro atoms. The van der Waals surface area contributed by atoms with Gasteiger partial charge in [-0.05, 0) is 28.3 Å². The molecule has 0 atom stereocenters. The second-order valence-corrected chi connectivity index (χ2v) is 4.65. The molecule has 0 radical (unpaired) electrons. The van der Waals surface area contributed by atoms with E-state index in [0.29, 0.717) is 0 Å². The molecule has 0 heterocycles. The molecule has 3 rings (SSSR count). The summed E-state index contributed by atoms with van der Waals surface area (Å²) in [6.45, 7) is 0. The summed E-state index contributed by atoms with van der Waals surface area (Å²) in [7, 11) is 0. The Balaban J connectivity index is 2.05. The van der Waals surface area contributed by atoms with Crippen molar-refractivity contribution in [2.24, 2.45) is 0 Å². The molecule has 0 bridgehead atoms. The maximum atomic E-state index is 11.2. The van der Waals surface area contributed by atoms with Gasteiger partial charge >= 0.3 is 0 Å².